The average Bonchev–Trinajstić information content (AvgIpc) is 3.17. The normalized spacial score (nSPS) is 10.8. The van der Waals surface area contributed by atoms with Crippen LogP contribution < -0.4 is 19.5 Å². The number of methoxy groups -OCH3 is 3. The molecule has 30 heavy (non-hydrogen) atoms. The predicted molar refractivity (Wildman–Crippen MR) is 118 cm³/mol. The van der Waals surface area contributed by atoms with Crippen molar-refractivity contribution in [1.29, 1.82) is 0 Å². The van der Waals surface area contributed by atoms with Gasteiger partial charge in [-0.3, -0.25) is 0 Å². The molecule has 0 spiro atoms. The maximum Gasteiger partial charge on any atom is 0.229 e. The van der Waals surface area contributed by atoms with Gasteiger partial charge in [0.05, 0.1) is 26.8 Å². The molecule has 2 heterocycles. The largest absolute Gasteiger partial charge is 0.493 e. The van der Waals surface area contributed by atoms with Crippen LogP contribution in [0.2, 0.25) is 0 Å². The number of aromatic nitrogens is 3. The maximum atomic E-state index is 5.42. The molecule has 4 rings (SSSR count). The second kappa shape index (κ2) is 8.32. The lowest BCUT2D eigenvalue weighted by Gasteiger charge is -2.15. The van der Waals surface area contributed by atoms with Gasteiger partial charge in [0.15, 0.2) is 11.5 Å². The first-order valence-corrected chi connectivity index (χ1v) is 9.67. The number of rotatable bonds is 7. The van der Waals surface area contributed by atoms with Crippen molar-refractivity contribution < 1.29 is 14.2 Å². The number of nitrogens with zero attached hydrogens (tertiary/aromatic N) is 3. The molecule has 2 aromatic carbocycles. The molecule has 0 bridgehead atoms. The quantitative estimate of drug-likeness (QED) is 0.479. The highest BCUT2D eigenvalue weighted by molar-refractivity contribution is 5.85. The van der Waals surface area contributed by atoms with Crippen LogP contribution in [0.1, 0.15) is 12.5 Å². The van der Waals surface area contributed by atoms with Crippen molar-refractivity contribution in [3.05, 3.63) is 60.4 Å². The Balaban J connectivity index is 1.72. The van der Waals surface area contributed by atoms with Crippen molar-refractivity contribution in [2.24, 2.45) is 0 Å². The van der Waals surface area contributed by atoms with Gasteiger partial charge in [-0.1, -0.05) is 25.1 Å². The van der Waals surface area contributed by atoms with Crippen LogP contribution in [0.5, 0.6) is 17.2 Å². The second-order valence-corrected chi connectivity index (χ2v) is 6.67. The summed E-state index contributed by atoms with van der Waals surface area (Å²) in [6, 6.07) is 13.9. The summed E-state index contributed by atoms with van der Waals surface area (Å²) in [5, 5.41) is 4.47. The lowest BCUT2D eigenvalue weighted by molar-refractivity contribution is 0.324. The summed E-state index contributed by atoms with van der Waals surface area (Å²) < 4.78 is 18.3. The van der Waals surface area contributed by atoms with E-state index >= 15 is 0 Å². The van der Waals surface area contributed by atoms with Gasteiger partial charge in [-0.05, 0) is 24.1 Å². The molecule has 154 valence electrons. The number of benzene rings is 2. The molecule has 0 saturated carbocycles. The van der Waals surface area contributed by atoms with Gasteiger partial charge in [0.25, 0.3) is 0 Å². The second-order valence-electron chi connectivity index (χ2n) is 6.67. The van der Waals surface area contributed by atoms with E-state index in [-0.39, 0.29) is 0 Å². The number of ether oxygens (including phenoxy) is 3. The topological polar surface area (TPSA) is 70.4 Å². The van der Waals surface area contributed by atoms with Crippen LogP contribution in [0.4, 0.5) is 11.6 Å². The van der Waals surface area contributed by atoms with Crippen LogP contribution in [0.3, 0.4) is 0 Å². The molecule has 0 unspecified atom stereocenters. The van der Waals surface area contributed by atoms with Crippen LogP contribution in [-0.4, -0.2) is 35.9 Å². The van der Waals surface area contributed by atoms with Crippen molar-refractivity contribution in [3.63, 3.8) is 0 Å². The summed E-state index contributed by atoms with van der Waals surface area (Å²) in [4.78, 5) is 9.09. The molecule has 7 nitrogen and oxygen atoms in total. The van der Waals surface area contributed by atoms with E-state index in [9.17, 15) is 0 Å². The molecule has 2 aromatic heterocycles. The summed E-state index contributed by atoms with van der Waals surface area (Å²) in [5.74, 6) is 2.90. The third kappa shape index (κ3) is 3.50. The highest BCUT2D eigenvalue weighted by Crippen LogP contribution is 2.40. The Hall–Kier alpha value is -3.74. The molecule has 0 aliphatic rings. The van der Waals surface area contributed by atoms with Gasteiger partial charge < -0.3 is 24.1 Å². The minimum atomic E-state index is 0.470. The van der Waals surface area contributed by atoms with Gasteiger partial charge in [0.2, 0.25) is 11.7 Å². The SMILES string of the molecule is CCc1cn(-c2ccnc(Nc3cc(OC)c(OC)c(OC)c3)n2)c2ccccc12. The standard InChI is InChI=1S/C23H24N4O3/c1-5-15-14-27(18-9-7-6-8-17(15)18)21-10-11-24-23(26-21)25-16-12-19(28-2)22(30-4)20(13-16)29-3/h6-14H,5H2,1-4H3,(H,24,25,26). The maximum absolute atomic E-state index is 5.42. The summed E-state index contributed by atoms with van der Waals surface area (Å²) >= 11 is 0. The Labute approximate surface area is 175 Å². The smallest absolute Gasteiger partial charge is 0.229 e. The van der Waals surface area contributed by atoms with E-state index in [1.807, 2.05) is 24.3 Å². The molecule has 0 amide bonds. The molecule has 0 aliphatic heterocycles. The summed E-state index contributed by atoms with van der Waals surface area (Å²) in [5.41, 5.74) is 3.13. The Bertz CT molecular complexity index is 1160. The summed E-state index contributed by atoms with van der Waals surface area (Å²) in [6.45, 7) is 2.16. The van der Waals surface area contributed by atoms with E-state index in [1.165, 1.54) is 10.9 Å². The molecule has 0 atom stereocenters. The van der Waals surface area contributed by atoms with Crippen LogP contribution in [-0.2, 0) is 6.42 Å². The molecule has 1 N–H and O–H groups in total. The third-order valence-corrected chi connectivity index (χ3v) is 4.98. The van der Waals surface area contributed by atoms with Crippen LogP contribution in [0.15, 0.2) is 54.9 Å². The molecular formula is C23H24N4O3. The first-order chi connectivity index (χ1) is 14.7. The van der Waals surface area contributed by atoms with Crippen LogP contribution in [0.25, 0.3) is 16.7 Å². The van der Waals surface area contributed by atoms with E-state index in [4.69, 9.17) is 19.2 Å². The van der Waals surface area contributed by atoms with E-state index in [2.05, 4.69) is 46.2 Å². The van der Waals surface area contributed by atoms with Gasteiger partial charge in [-0.15, -0.1) is 0 Å². The Morgan fingerprint density at radius 2 is 1.70 bits per heavy atom. The summed E-state index contributed by atoms with van der Waals surface area (Å²) in [7, 11) is 4.74. The minimum absolute atomic E-state index is 0.470. The third-order valence-electron chi connectivity index (χ3n) is 4.98. The van der Waals surface area contributed by atoms with Gasteiger partial charge >= 0.3 is 0 Å². The lowest BCUT2D eigenvalue weighted by Crippen LogP contribution is -2.03. The minimum Gasteiger partial charge on any atom is -0.493 e. The number of hydrogen-bond donors (Lipinski definition) is 1. The van der Waals surface area contributed by atoms with E-state index in [1.54, 1.807) is 27.5 Å². The van der Waals surface area contributed by atoms with Gasteiger partial charge in [0, 0.05) is 35.6 Å². The molecule has 4 aromatic rings. The zero-order chi connectivity index (χ0) is 21.1. The Morgan fingerprint density at radius 1 is 0.967 bits per heavy atom. The highest BCUT2D eigenvalue weighted by atomic mass is 16.5. The molecule has 0 radical (unpaired) electrons. The zero-order valence-electron chi connectivity index (χ0n) is 17.5. The zero-order valence-corrected chi connectivity index (χ0v) is 17.5. The molecule has 0 aliphatic carbocycles. The fraction of sp³-hybridized carbons (Fsp3) is 0.217. The number of aryl methyl sites for hydroxylation is 1. The molecule has 7 heteroatoms. The monoisotopic (exact) mass is 404 g/mol. The number of fused-ring (bicyclic) bond motifs is 1. The van der Waals surface area contributed by atoms with Crippen molar-refractivity contribution >= 4 is 22.5 Å². The van der Waals surface area contributed by atoms with Gasteiger partial charge in [0.1, 0.15) is 5.82 Å². The van der Waals surface area contributed by atoms with Crippen molar-refractivity contribution in [3.8, 4) is 23.1 Å². The number of nitrogens with one attached hydrogen (secondary N) is 1. The van der Waals surface area contributed by atoms with E-state index in [0.29, 0.717) is 23.2 Å². The van der Waals surface area contributed by atoms with E-state index in [0.717, 1.165) is 23.4 Å². The van der Waals surface area contributed by atoms with Crippen molar-refractivity contribution in [2.45, 2.75) is 13.3 Å². The van der Waals surface area contributed by atoms with Crippen LogP contribution in [0, 0.1) is 0 Å². The Kier molecular flexibility index (Phi) is 5.43. The average molecular weight is 404 g/mol. The molecule has 0 saturated heterocycles. The van der Waals surface area contributed by atoms with Crippen molar-refractivity contribution in [1.82, 2.24) is 14.5 Å². The Morgan fingerprint density at radius 3 is 2.37 bits per heavy atom. The summed E-state index contributed by atoms with van der Waals surface area (Å²) in [6.07, 6.45) is 4.83. The van der Waals surface area contributed by atoms with Crippen LogP contribution >= 0.6 is 0 Å². The van der Waals surface area contributed by atoms with Gasteiger partial charge in [-0.2, -0.15) is 4.98 Å². The highest BCUT2D eigenvalue weighted by Gasteiger charge is 2.14. The lowest BCUT2D eigenvalue weighted by atomic mass is 10.1. The van der Waals surface area contributed by atoms with E-state index < -0.39 is 0 Å². The molecular weight excluding hydrogens is 380 g/mol. The fourth-order valence-electron chi connectivity index (χ4n) is 3.55. The van der Waals surface area contributed by atoms with Gasteiger partial charge in [-0.25, -0.2) is 4.98 Å². The van der Waals surface area contributed by atoms with Crippen molar-refractivity contribution in [2.75, 3.05) is 26.6 Å². The first kappa shape index (κ1) is 19.6. The fourth-order valence-corrected chi connectivity index (χ4v) is 3.55. The predicted octanol–water partition coefficient (Wildman–Crippen LogP) is 4.75. The first-order valence-electron chi connectivity index (χ1n) is 9.67. The number of para-hydroxylation sites is 1. The molecule has 0 fully saturated rings. The number of anilines is 2. The number of hydrogen-bond acceptors (Lipinski definition) is 6.